The van der Waals surface area contributed by atoms with Crippen molar-refractivity contribution < 1.29 is 5.11 Å². The van der Waals surface area contributed by atoms with Crippen LogP contribution >= 0.6 is 0 Å². The van der Waals surface area contributed by atoms with Gasteiger partial charge in [0, 0.05) is 23.2 Å². The lowest BCUT2D eigenvalue weighted by molar-refractivity contribution is 0.173. The molecule has 0 bridgehead atoms. The van der Waals surface area contributed by atoms with Crippen molar-refractivity contribution in [3.05, 3.63) is 71.4 Å². The van der Waals surface area contributed by atoms with Crippen LogP contribution in [0.15, 0.2) is 54.6 Å². The number of fused-ring (bicyclic) bond motifs is 1. The zero-order chi connectivity index (χ0) is 16.2. The molecule has 0 aliphatic carbocycles. The third-order valence-electron chi connectivity index (χ3n) is 4.15. The molecule has 0 saturated heterocycles. The number of aliphatic hydroxyl groups excluding tert-OH is 1. The summed E-state index contributed by atoms with van der Waals surface area (Å²) in [5, 5.41) is 15.0. The van der Waals surface area contributed by atoms with Gasteiger partial charge in [0.25, 0.3) is 0 Å². The number of hydrogen-bond donors (Lipinski definition) is 2. The predicted molar refractivity (Wildman–Crippen MR) is 95.5 cm³/mol. The van der Waals surface area contributed by atoms with Crippen molar-refractivity contribution in [3.8, 4) is 0 Å². The smallest absolute Gasteiger partial charge is 0.0825 e. The number of rotatable bonds is 5. The van der Waals surface area contributed by atoms with E-state index in [0.29, 0.717) is 6.42 Å². The number of aryl methyl sites for hydroxylation is 1. The van der Waals surface area contributed by atoms with Crippen LogP contribution in [0.3, 0.4) is 0 Å². The molecule has 1 atom stereocenters. The first-order chi connectivity index (χ1) is 11.2. The quantitative estimate of drug-likeness (QED) is 0.724. The Labute approximate surface area is 137 Å². The summed E-state index contributed by atoms with van der Waals surface area (Å²) < 4.78 is 0. The molecule has 0 radical (unpaired) electrons. The average molecular weight is 306 g/mol. The van der Waals surface area contributed by atoms with E-state index in [9.17, 15) is 5.11 Å². The van der Waals surface area contributed by atoms with Crippen molar-refractivity contribution in [2.45, 2.75) is 32.9 Å². The van der Waals surface area contributed by atoms with E-state index in [4.69, 9.17) is 0 Å². The van der Waals surface area contributed by atoms with Crippen LogP contribution in [0.25, 0.3) is 10.9 Å². The molecule has 3 aromatic rings. The molecule has 0 aliphatic rings. The van der Waals surface area contributed by atoms with Gasteiger partial charge in [-0.1, -0.05) is 55.5 Å². The maximum atomic E-state index is 10.5. The van der Waals surface area contributed by atoms with E-state index in [0.717, 1.165) is 34.4 Å². The fourth-order valence-electron chi connectivity index (χ4n) is 2.94. The molecule has 23 heavy (non-hydrogen) atoms. The van der Waals surface area contributed by atoms with Gasteiger partial charge in [0.05, 0.1) is 17.3 Å². The van der Waals surface area contributed by atoms with Crippen LogP contribution in [0.2, 0.25) is 0 Å². The first kappa shape index (κ1) is 15.5. The molecule has 3 rings (SSSR count). The second kappa shape index (κ2) is 6.80. The largest absolute Gasteiger partial charge is 0.388 e. The van der Waals surface area contributed by atoms with Crippen molar-refractivity contribution in [1.82, 2.24) is 4.98 Å². The Morgan fingerprint density at radius 3 is 2.48 bits per heavy atom. The van der Waals surface area contributed by atoms with Crippen LogP contribution < -0.4 is 5.32 Å². The number of nitrogens with zero attached hydrogens (tertiary/aromatic N) is 1. The lowest BCUT2D eigenvalue weighted by atomic mass is 9.99. The molecule has 3 nitrogen and oxygen atoms in total. The van der Waals surface area contributed by atoms with Gasteiger partial charge in [0.1, 0.15) is 0 Å². The second-order valence-electron chi connectivity index (χ2n) is 5.77. The van der Waals surface area contributed by atoms with Crippen molar-refractivity contribution in [2.75, 3.05) is 5.32 Å². The molecule has 0 saturated carbocycles. The SMILES string of the molecule is CCC(O)c1c(C)nc2ccccc2c1NCc1ccccc1. The highest BCUT2D eigenvalue weighted by molar-refractivity contribution is 5.93. The number of para-hydroxylation sites is 1. The molecular formula is C20H22N2O. The summed E-state index contributed by atoms with van der Waals surface area (Å²) in [4.78, 5) is 4.66. The molecule has 118 valence electrons. The molecule has 0 aliphatic heterocycles. The number of aliphatic hydroxyl groups is 1. The summed E-state index contributed by atoms with van der Waals surface area (Å²) in [6.45, 7) is 4.67. The highest BCUT2D eigenvalue weighted by atomic mass is 16.3. The highest BCUT2D eigenvalue weighted by Gasteiger charge is 2.18. The number of pyridine rings is 1. The summed E-state index contributed by atoms with van der Waals surface area (Å²) in [5.74, 6) is 0. The maximum Gasteiger partial charge on any atom is 0.0825 e. The van der Waals surface area contributed by atoms with Crippen molar-refractivity contribution in [3.63, 3.8) is 0 Å². The number of nitrogens with one attached hydrogen (secondary N) is 1. The first-order valence-corrected chi connectivity index (χ1v) is 8.05. The minimum Gasteiger partial charge on any atom is -0.388 e. The van der Waals surface area contributed by atoms with Gasteiger partial charge in [0.2, 0.25) is 0 Å². The van der Waals surface area contributed by atoms with E-state index >= 15 is 0 Å². The van der Waals surface area contributed by atoms with Gasteiger partial charge >= 0.3 is 0 Å². The third-order valence-corrected chi connectivity index (χ3v) is 4.15. The van der Waals surface area contributed by atoms with Gasteiger partial charge in [-0.05, 0) is 25.0 Å². The molecule has 2 aromatic carbocycles. The van der Waals surface area contributed by atoms with Crippen LogP contribution in [-0.2, 0) is 6.54 Å². The summed E-state index contributed by atoms with van der Waals surface area (Å²) in [5.41, 5.74) is 4.94. The molecule has 1 unspecified atom stereocenters. The molecular weight excluding hydrogens is 284 g/mol. The van der Waals surface area contributed by atoms with Crippen LogP contribution in [0.5, 0.6) is 0 Å². The van der Waals surface area contributed by atoms with Gasteiger partial charge < -0.3 is 10.4 Å². The summed E-state index contributed by atoms with van der Waals surface area (Å²) in [6, 6.07) is 18.4. The Hall–Kier alpha value is -2.39. The van der Waals surface area contributed by atoms with Crippen LogP contribution in [0, 0.1) is 6.92 Å². The molecule has 0 amide bonds. The van der Waals surface area contributed by atoms with Gasteiger partial charge in [0.15, 0.2) is 0 Å². The topological polar surface area (TPSA) is 45.2 Å². The van der Waals surface area contributed by atoms with E-state index in [1.165, 1.54) is 5.56 Å². The molecule has 0 spiro atoms. The van der Waals surface area contributed by atoms with Gasteiger partial charge in [-0.2, -0.15) is 0 Å². The van der Waals surface area contributed by atoms with E-state index in [-0.39, 0.29) is 0 Å². The van der Waals surface area contributed by atoms with Crippen molar-refractivity contribution >= 4 is 16.6 Å². The summed E-state index contributed by atoms with van der Waals surface area (Å²) in [7, 11) is 0. The second-order valence-corrected chi connectivity index (χ2v) is 5.77. The van der Waals surface area contributed by atoms with Crippen molar-refractivity contribution in [1.29, 1.82) is 0 Å². The van der Waals surface area contributed by atoms with Gasteiger partial charge in [-0.15, -0.1) is 0 Å². The average Bonchev–Trinajstić information content (AvgIpc) is 2.59. The Balaban J connectivity index is 2.07. The zero-order valence-corrected chi connectivity index (χ0v) is 13.6. The third kappa shape index (κ3) is 3.20. The predicted octanol–water partition coefficient (Wildman–Crippen LogP) is 4.60. The van der Waals surface area contributed by atoms with Crippen molar-refractivity contribution in [2.24, 2.45) is 0 Å². The molecule has 1 heterocycles. The Morgan fingerprint density at radius 2 is 1.74 bits per heavy atom. The maximum absolute atomic E-state index is 10.5. The highest BCUT2D eigenvalue weighted by Crippen LogP contribution is 2.34. The van der Waals surface area contributed by atoms with E-state index in [1.807, 2.05) is 50.2 Å². The van der Waals surface area contributed by atoms with E-state index in [1.54, 1.807) is 0 Å². The van der Waals surface area contributed by atoms with E-state index in [2.05, 4.69) is 28.5 Å². The monoisotopic (exact) mass is 306 g/mol. The van der Waals surface area contributed by atoms with Gasteiger partial charge in [-0.3, -0.25) is 4.98 Å². The molecule has 3 heteroatoms. The normalized spacial score (nSPS) is 12.3. The zero-order valence-electron chi connectivity index (χ0n) is 13.6. The van der Waals surface area contributed by atoms with E-state index < -0.39 is 6.10 Å². The molecule has 1 aromatic heterocycles. The Kier molecular flexibility index (Phi) is 4.58. The Bertz CT molecular complexity index is 799. The fourth-order valence-corrected chi connectivity index (χ4v) is 2.94. The minimum atomic E-state index is -0.509. The molecule has 2 N–H and O–H groups in total. The summed E-state index contributed by atoms with van der Waals surface area (Å²) >= 11 is 0. The number of aromatic nitrogens is 1. The number of hydrogen-bond acceptors (Lipinski definition) is 3. The van der Waals surface area contributed by atoms with Crippen LogP contribution in [0.1, 0.15) is 36.3 Å². The standard InChI is InChI=1S/C20H22N2O/c1-3-18(23)19-14(2)22-17-12-8-7-11-16(17)20(19)21-13-15-9-5-4-6-10-15/h4-12,18,23H,3,13H2,1-2H3,(H,21,22). The fraction of sp³-hybridized carbons (Fsp3) is 0.250. The lowest BCUT2D eigenvalue weighted by Crippen LogP contribution is -2.09. The Morgan fingerprint density at radius 1 is 1.04 bits per heavy atom. The van der Waals surface area contributed by atoms with Crippen LogP contribution in [0.4, 0.5) is 5.69 Å². The first-order valence-electron chi connectivity index (χ1n) is 8.05. The lowest BCUT2D eigenvalue weighted by Gasteiger charge is -2.20. The molecule has 0 fully saturated rings. The summed E-state index contributed by atoms with van der Waals surface area (Å²) in [6.07, 6.45) is 0.159. The minimum absolute atomic E-state index is 0.509. The van der Waals surface area contributed by atoms with Crippen LogP contribution in [-0.4, -0.2) is 10.1 Å². The number of benzene rings is 2. The van der Waals surface area contributed by atoms with Gasteiger partial charge in [-0.25, -0.2) is 0 Å². The number of anilines is 1.